The molecule has 2 atom stereocenters. The second kappa shape index (κ2) is 9.52. The van der Waals surface area contributed by atoms with Crippen molar-refractivity contribution in [2.75, 3.05) is 12.4 Å². The molecule has 3 aromatic carbocycles. The minimum atomic E-state index is -1.68. The van der Waals surface area contributed by atoms with E-state index in [2.05, 4.69) is 55.1 Å². The number of nitrogens with two attached hydrogens (primary N) is 1. The predicted octanol–water partition coefficient (Wildman–Crippen LogP) is 4.21. The van der Waals surface area contributed by atoms with E-state index in [1.54, 1.807) is 22.8 Å². The number of benzene rings is 3. The van der Waals surface area contributed by atoms with Crippen molar-refractivity contribution in [2.45, 2.75) is 11.6 Å². The first-order valence-electron chi connectivity index (χ1n) is 10.9. The van der Waals surface area contributed by atoms with E-state index >= 15 is 0 Å². The molecule has 9 nitrogen and oxygen atoms in total. The standard InChI is InChI=1S/C25H22ClIN8O/c1-3-34(2)23(30-28)25(36,16-7-10-19(27)11-8-16)17-9-12-21-20(14-17)22(15-5-4-6-18(26)13-15)35-24(29-21)31-32-33-35/h3-14,22,36H,1,28H2,2H3,(H,29,31,33)/b30-23-. The van der Waals surface area contributed by atoms with Gasteiger partial charge in [0.2, 0.25) is 5.95 Å². The molecule has 182 valence electrons. The SMILES string of the molecule is C=CN(C)/C(=N\N)C(O)(c1ccc(I)cc1)c1ccc2c(c1)C(c1cccc(Cl)c1)n1nnnc1N2. The van der Waals surface area contributed by atoms with Gasteiger partial charge in [-0.2, -0.15) is 9.78 Å². The highest BCUT2D eigenvalue weighted by Crippen LogP contribution is 2.42. The molecule has 11 heteroatoms. The van der Waals surface area contributed by atoms with E-state index in [0.29, 0.717) is 22.1 Å². The Kier molecular flexibility index (Phi) is 6.41. The van der Waals surface area contributed by atoms with Gasteiger partial charge in [-0.1, -0.05) is 53.6 Å². The van der Waals surface area contributed by atoms with Gasteiger partial charge in [0.05, 0.1) is 0 Å². The van der Waals surface area contributed by atoms with E-state index < -0.39 is 5.60 Å². The first kappa shape index (κ1) is 24.2. The first-order valence-corrected chi connectivity index (χ1v) is 12.4. The van der Waals surface area contributed by atoms with Gasteiger partial charge in [0.25, 0.3) is 0 Å². The molecule has 0 aliphatic carbocycles. The lowest BCUT2D eigenvalue weighted by Crippen LogP contribution is -2.45. The molecular weight excluding hydrogens is 591 g/mol. The number of fused-ring (bicyclic) bond motifs is 2. The Morgan fingerprint density at radius 3 is 2.67 bits per heavy atom. The Hall–Kier alpha value is -3.48. The summed E-state index contributed by atoms with van der Waals surface area (Å²) in [4.78, 5) is 1.60. The highest BCUT2D eigenvalue weighted by atomic mass is 127. The Morgan fingerprint density at radius 1 is 1.22 bits per heavy atom. The van der Waals surface area contributed by atoms with Crippen LogP contribution in [0.3, 0.4) is 0 Å². The Balaban J connectivity index is 1.74. The second-order valence-electron chi connectivity index (χ2n) is 8.30. The van der Waals surface area contributed by atoms with Crippen molar-refractivity contribution in [3.05, 3.63) is 110 Å². The quantitative estimate of drug-likeness (QED) is 0.0895. The fourth-order valence-corrected chi connectivity index (χ4v) is 5.03. The maximum atomic E-state index is 12.4. The maximum absolute atomic E-state index is 12.4. The number of hydrogen-bond acceptors (Lipinski definition) is 7. The van der Waals surface area contributed by atoms with Gasteiger partial charge in [0.1, 0.15) is 6.04 Å². The van der Waals surface area contributed by atoms with Crippen LogP contribution >= 0.6 is 34.2 Å². The van der Waals surface area contributed by atoms with Gasteiger partial charge in [0.15, 0.2) is 11.4 Å². The molecule has 0 fully saturated rings. The smallest absolute Gasteiger partial charge is 0.248 e. The predicted molar refractivity (Wildman–Crippen MR) is 148 cm³/mol. The highest BCUT2D eigenvalue weighted by molar-refractivity contribution is 14.1. The zero-order chi connectivity index (χ0) is 25.4. The third-order valence-corrected chi connectivity index (χ3v) is 7.18. The van der Waals surface area contributed by atoms with Crippen molar-refractivity contribution >= 4 is 51.7 Å². The monoisotopic (exact) mass is 612 g/mol. The Bertz CT molecular complexity index is 1470. The summed E-state index contributed by atoms with van der Waals surface area (Å²) >= 11 is 8.56. The van der Waals surface area contributed by atoms with Crippen LogP contribution in [-0.2, 0) is 5.60 Å². The third-order valence-electron chi connectivity index (χ3n) is 6.23. The van der Waals surface area contributed by atoms with Crippen LogP contribution < -0.4 is 11.2 Å². The van der Waals surface area contributed by atoms with Crippen LogP contribution in [0, 0.1) is 3.57 Å². The van der Waals surface area contributed by atoms with E-state index in [1.165, 1.54) is 0 Å². The van der Waals surface area contributed by atoms with Crippen LogP contribution in [0.25, 0.3) is 0 Å². The normalized spacial score (nSPS) is 16.3. The van der Waals surface area contributed by atoms with E-state index in [1.807, 2.05) is 66.7 Å². The highest BCUT2D eigenvalue weighted by Gasteiger charge is 2.41. The number of hydrazone groups is 1. The number of rotatable bonds is 5. The Labute approximate surface area is 226 Å². The Morgan fingerprint density at radius 2 is 1.97 bits per heavy atom. The molecule has 1 aliphatic rings. The zero-order valence-electron chi connectivity index (χ0n) is 19.2. The lowest BCUT2D eigenvalue weighted by atomic mass is 9.82. The van der Waals surface area contributed by atoms with Crippen molar-refractivity contribution in [1.82, 2.24) is 25.1 Å². The maximum Gasteiger partial charge on any atom is 0.248 e. The summed E-state index contributed by atoms with van der Waals surface area (Å²) in [5.41, 5.74) is 2.02. The molecule has 4 N–H and O–H groups in total. The van der Waals surface area contributed by atoms with Crippen LogP contribution in [-0.4, -0.2) is 43.1 Å². The number of aromatic nitrogens is 4. The van der Waals surface area contributed by atoms with Crippen molar-refractivity contribution < 1.29 is 5.11 Å². The van der Waals surface area contributed by atoms with Crippen LogP contribution in [0.5, 0.6) is 0 Å². The molecule has 5 rings (SSSR count). The molecule has 1 aliphatic heterocycles. The summed E-state index contributed by atoms with van der Waals surface area (Å²) < 4.78 is 2.72. The summed E-state index contributed by atoms with van der Waals surface area (Å²) in [5, 5.41) is 32.4. The molecule has 0 bridgehead atoms. The molecule has 0 amide bonds. The molecule has 0 saturated carbocycles. The molecule has 0 radical (unpaired) electrons. The molecule has 2 unspecified atom stereocenters. The average molecular weight is 613 g/mol. The number of aliphatic hydroxyl groups is 1. The van der Waals surface area contributed by atoms with Crippen molar-refractivity contribution in [3.8, 4) is 0 Å². The zero-order valence-corrected chi connectivity index (χ0v) is 22.1. The lowest BCUT2D eigenvalue weighted by Gasteiger charge is -2.35. The van der Waals surface area contributed by atoms with Crippen LogP contribution in [0.4, 0.5) is 11.6 Å². The van der Waals surface area contributed by atoms with Gasteiger partial charge in [-0.05, 0) is 92.3 Å². The number of tetrazole rings is 1. The molecule has 2 heterocycles. The number of likely N-dealkylation sites (N-methyl/N-ethyl adjacent to an activating group) is 1. The molecule has 4 aromatic rings. The third kappa shape index (κ3) is 4.00. The lowest BCUT2D eigenvalue weighted by molar-refractivity contribution is 0.144. The summed E-state index contributed by atoms with van der Waals surface area (Å²) in [6.07, 6.45) is 1.55. The van der Waals surface area contributed by atoms with Gasteiger partial charge >= 0.3 is 0 Å². The number of anilines is 2. The summed E-state index contributed by atoms with van der Waals surface area (Å²) in [6, 6.07) is 20.3. The van der Waals surface area contributed by atoms with E-state index in [4.69, 9.17) is 17.4 Å². The second-order valence-corrected chi connectivity index (χ2v) is 9.98. The summed E-state index contributed by atoms with van der Waals surface area (Å²) in [6.45, 7) is 3.82. The molecule has 0 spiro atoms. The number of nitrogens with zero attached hydrogens (tertiary/aromatic N) is 6. The fraction of sp³-hybridized carbons (Fsp3) is 0.120. The minimum Gasteiger partial charge on any atom is -0.373 e. The van der Waals surface area contributed by atoms with Gasteiger partial charge < -0.3 is 21.2 Å². The van der Waals surface area contributed by atoms with E-state index in [-0.39, 0.29) is 11.9 Å². The number of hydrogen-bond donors (Lipinski definition) is 3. The first-order chi connectivity index (χ1) is 17.4. The summed E-state index contributed by atoms with van der Waals surface area (Å²) in [5.74, 6) is 6.56. The van der Waals surface area contributed by atoms with Crippen molar-refractivity contribution in [2.24, 2.45) is 10.9 Å². The van der Waals surface area contributed by atoms with Crippen LogP contribution in [0.2, 0.25) is 5.02 Å². The average Bonchev–Trinajstić information content (AvgIpc) is 3.35. The van der Waals surface area contributed by atoms with Gasteiger partial charge in [-0.15, -0.1) is 0 Å². The molecule has 1 aromatic heterocycles. The number of halogens is 2. The number of nitrogens with one attached hydrogen (secondary N) is 1. The van der Waals surface area contributed by atoms with Gasteiger partial charge in [-0.25, -0.2) is 0 Å². The van der Waals surface area contributed by atoms with Crippen LogP contribution in [0.15, 0.2) is 84.6 Å². The largest absolute Gasteiger partial charge is 0.373 e. The van der Waals surface area contributed by atoms with Gasteiger partial charge in [0, 0.05) is 26.9 Å². The minimum absolute atomic E-state index is 0.213. The molecule has 0 saturated heterocycles. The van der Waals surface area contributed by atoms with Crippen molar-refractivity contribution in [3.63, 3.8) is 0 Å². The van der Waals surface area contributed by atoms with E-state index in [9.17, 15) is 5.11 Å². The molecule has 36 heavy (non-hydrogen) atoms. The van der Waals surface area contributed by atoms with E-state index in [0.717, 1.165) is 20.4 Å². The fourth-order valence-electron chi connectivity index (χ4n) is 4.47. The summed E-state index contributed by atoms with van der Waals surface area (Å²) in [7, 11) is 1.73. The van der Waals surface area contributed by atoms with Gasteiger partial charge in [-0.3, -0.25) is 0 Å². The van der Waals surface area contributed by atoms with Crippen molar-refractivity contribution in [1.29, 1.82) is 0 Å². The van der Waals surface area contributed by atoms with Crippen LogP contribution in [0.1, 0.15) is 28.3 Å². The molecular formula is C25H22ClIN8O. The topological polar surface area (TPSA) is 117 Å². The number of amidine groups is 1.